The Morgan fingerprint density at radius 1 is 0.955 bits per heavy atom. The van der Waals surface area contributed by atoms with Crippen LogP contribution in [0, 0.1) is 13.8 Å². The summed E-state index contributed by atoms with van der Waals surface area (Å²) in [5.41, 5.74) is 10.6. The summed E-state index contributed by atoms with van der Waals surface area (Å²) in [4.78, 5) is 21.8. The number of hydrogen-bond acceptors (Lipinski definition) is 5. The number of anilines is 2. The van der Waals surface area contributed by atoms with Crippen LogP contribution in [0.3, 0.4) is 0 Å². The third kappa shape index (κ3) is 7.13. The highest BCUT2D eigenvalue weighted by molar-refractivity contribution is 6.11. The Hall–Kier alpha value is -4.58. The SMILES string of the molecule is C=C(Nc1ccc(C)c(C2=CN(C)C(=C)C(Nc3ccc(C(=O)N(CC)CCC)cc3)=N2)c1C)c1ccc(C(C)(C)C)cc1. The Balaban J connectivity index is 1.57. The van der Waals surface area contributed by atoms with E-state index in [0.29, 0.717) is 17.9 Å². The average Bonchev–Trinajstić information content (AvgIpc) is 2.99. The third-order valence-corrected chi connectivity index (χ3v) is 8.12. The Morgan fingerprint density at radius 2 is 1.59 bits per heavy atom. The number of aryl methyl sites for hydroxylation is 1. The van der Waals surface area contributed by atoms with E-state index in [-0.39, 0.29) is 11.3 Å². The molecule has 2 N–H and O–H groups in total. The number of rotatable bonds is 9. The molecule has 44 heavy (non-hydrogen) atoms. The maximum absolute atomic E-state index is 12.9. The molecular weight excluding hydrogens is 542 g/mol. The van der Waals surface area contributed by atoms with E-state index in [0.717, 1.165) is 63.7 Å². The second-order valence-electron chi connectivity index (χ2n) is 12.5. The van der Waals surface area contributed by atoms with Gasteiger partial charge < -0.3 is 20.4 Å². The van der Waals surface area contributed by atoms with Gasteiger partial charge in [-0.1, -0.05) is 71.2 Å². The van der Waals surface area contributed by atoms with Crippen LogP contribution in [0.2, 0.25) is 0 Å². The second-order valence-corrected chi connectivity index (χ2v) is 12.5. The van der Waals surface area contributed by atoms with Crippen LogP contribution in [-0.2, 0) is 5.41 Å². The minimum Gasteiger partial charge on any atom is -0.355 e. The number of carbonyl (C=O) groups excluding carboxylic acids is 1. The van der Waals surface area contributed by atoms with Crippen LogP contribution in [0.15, 0.2) is 90.7 Å². The van der Waals surface area contributed by atoms with Crippen LogP contribution >= 0.6 is 0 Å². The summed E-state index contributed by atoms with van der Waals surface area (Å²) in [5, 5.41) is 6.98. The van der Waals surface area contributed by atoms with Gasteiger partial charge in [-0.15, -0.1) is 0 Å². The molecule has 6 heteroatoms. The molecule has 0 spiro atoms. The fraction of sp³-hybridized carbons (Fsp3) is 0.316. The number of nitrogens with one attached hydrogen (secondary N) is 2. The zero-order valence-corrected chi connectivity index (χ0v) is 27.6. The van der Waals surface area contributed by atoms with Crippen LogP contribution in [0.5, 0.6) is 0 Å². The molecule has 0 aromatic heterocycles. The van der Waals surface area contributed by atoms with Gasteiger partial charge >= 0.3 is 0 Å². The highest BCUT2D eigenvalue weighted by Gasteiger charge is 2.21. The van der Waals surface area contributed by atoms with Gasteiger partial charge in [-0.2, -0.15) is 0 Å². The Kier molecular flexibility index (Phi) is 9.83. The van der Waals surface area contributed by atoms with Crippen molar-refractivity contribution in [1.82, 2.24) is 9.80 Å². The topological polar surface area (TPSA) is 60.0 Å². The maximum atomic E-state index is 12.9. The quantitative estimate of drug-likeness (QED) is 0.262. The lowest BCUT2D eigenvalue weighted by Crippen LogP contribution is -2.31. The van der Waals surface area contributed by atoms with Crippen molar-refractivity contribution >= 4 is 34.5 Å². The number of nitrogens with zero attached hydrogens (tertiary/aromatic N) is 3. The van der Waals surface area contributed by atoms with Crippen molar-refractivity contribution in [3.8, 4) is 0 Å². The predicted octanol–water partition coefficient (Wildman–Crippen LogP) is 8.82. The lowest BCUT2D eigenvalue weighted by molar-refractivity contribution is 0.0764. The first-order valence-corrected chi connectivity index (χ1v) is 15.4. The molecule has 4 rings (SSSR count). The number of amides is 1. The summed E-state index contributed by atoms with van der Waals surface area (Å²) in [6.07, 6.45) is 2.95. The number of benzene rings is 3. The molecule has 230 valence electrons. The van der Waals surface area contributed by atoms with Crippen molar-refractivity contribution in [1.29, 1.82) is 0 Å². The monoisotopic (exact) mass is 589 g/mol. The number of carbonyl (C=O) groups is 1. The molecule has 1 amide bonds. The number of aliphatic imine (C=N–C) groups is 1. The third-order valence-electron chi connectivity index (χ3n) is 8.12. The van der Waals surface area contributed by atoms with Crippen molar-refractivity contribution < 1.29 is 4.79 Å². The Bertz CT molecular complexity index is 1600. The van der Waals surface area contributed by atoms with Crippen LogP contribution in [0.25, 0.3) is 11.4 Å². The molecule has 1 heterocycles. The Morgan fingerprint density at radius 3 is 2.18 bits per heavy atom. The Labute approximate surface area is 263 Å². The average molecular weight is 590 g/mol. The summed E-state index contributed by atoms with van der Waals surface area (Å²) in [5.74, 6) is 0.708. The molecule has 0 atom stereocenters. The van der Waals surface area contributed by atoms with Crippen LogP contribution in [-0.4, -0.2) is 41.7 Å². The minimum absolute atomic E-state index is 0.0503. The lowest BCUT2D eigenvalue weighted by atomic mass is 9.86. The van der Waals surface area contributed by atoms with Gasteiger partial charge in [-0.05, 0) is 85.2 Å². The lowest BCUT2D eigenvalue weighted by Gasteiger charge is -2.27. The standard InChI is InChI=1S/C38H47N5O/c1-11-23-43(12-2)37(44)30-16-20-32(21-17-30)40-36-28(6)42(10)24-34(41-36)35-25(3)13-22-33(26(35)4)39-27(5)29-14-18-31(19-15-29)38(7,8)9/h13-22,24,39H,5-6,11-12,23H2,1-4,7-10H3,(H,40,41). The molecule has 0 saturated heterocycles. The summed E-state index contributed by atoms with van der Waals surface area (Å²) >= 11 is 0. The number of hydrogen-bond donors (Lipinski definition) is 2. The number of likely N-dealkylation sites (N-methyl/N-ethyl adjacent to an activating group) is 1. The van der Waals surface area contributed by atoms with E-state index in [2.05, 4.69) is 102 Å². The highest BCUT2D eigenvalue weighted by Crippen LogP contribution is 2.34. The molecule has 0 aliphatic carbocycles. The summed E-state index contributed by atoms with van der Waals surface area (Å²) in [6.45, 7) is 25.0. The largest absolute Gasteiger partial charge is 0.355 e. The zero-order chi connectivity index (χ0) is 32.2. The van der Waals surface area contributed by atoms with Crippen molar-refractivity contribution in [3.63, 3.8) is 0 Å². The van der Waals surface area contributed by atoms with E-state index < -0.39 is 0 Å². The van der Waals surface area contributed by atoms with E-state index in [4.69, 9.17) is 4.99 Å². The van der Waals surface area contributed by atoms with E-state index >= 15 is 0 Å². The van der Waals surface area contributed by atoms with Crippen LogP contribution in [0.4, 0.5) is 11.4 Å². The number of amidine groups is 1. The maximum Gasteiger partial charge on any atom is 0.253 e. The summed E-state index contributed by atoms with van der Waals surface area (Å²) in [6, 6.07) is 20.4. The highest BCUT2D eigenvalue weighted by atomic mass is 16.2. The summed E-state index contributed by atoms with van der Waals surface area (Å²) < 4.78 is 0. The van der Waals surface area contributed by atoms with Crippen molar-refractivity contribution in [2.45, 2.75) is 60.3 Å². The van der Waals surface area contributed by atoms with Gasteiger partial charge in [-0.25, -0.2) is 4.99 Å². The first kappa shape index (κ1) is 32.3. The molecule has 0 bridgehead atoms. The van der Waals surface area contributed by atoms with Gasteiger partial charge in [0, 0.05) is 54.5 Å². The van der Waals surface area contributed by atoms with Crippen LogP contribution < -0.4 is 10.6 Å². The van der Waals surface area contributed by atoms with Crippen molar-refractivity contribution in [3.05, 3.63) is 119 Å². The van der Waals surface area contributed by atoms with Gasteiger partial charge in [0.1, 0.15) is 0 Å². The molecule has 0 fully saturated rings. The van der Waals surface area contributed by atoms with E-state index in [1.165, 1.54) is 5.56 Å². The van der Waals surface area contributed by atoms with Gasteiger partial charge in [0.15, 0.2) is 5.84 Å². The van der Waals surface area contributed by atoms with Crippen molar-refractivity contribution in [2.24, 2.45) is 4.99 Å². The normalized spacial score (nSPS) is 13.3. The molecule has 3 aromatic rings. The van der Waals surface area contributed by atoms with E-state index in [9.17, 15) is 4.79 Å². The molecule has 0 saturated carbocycles. The molecule has 1 aliphatic rings. The summed E-state index contributed by atoms with van der Waals surface area (Å²) in [7, 11) is 1.98. The second kappa shape index (κ2) is 13.4. The van der Waals surface area contributed by atoms with Crippen molar-refractivity contribution in [2.75, 3.05) is 30.8 Å². The van der Waals surface area contributed by atoms with Crippen LogP contribution in [0.1, 0.15) is 79.2 Å². The molecule has 3 aromatic carbocycles. The first-order chi connectivity index (χ1) is 20.8. The minimum atomic E-state index is 0.0503. The van der Waals surface area contributed by atoms with Gasteiger partial charge in [0.2, 0.25) is 0 Å². The molecule has 0 unspecified atom stereocenters. The smallest absolute Gasteiger partial charge is 0.253 e. The molecule has 1 aliphatic heterocycles. The fourth-order valence-corrected chi connectivity index (χ4v) is 5.33. The molecular formula is C38H47N5O. The van der Waals surface area contributed by atoms with Gasteiger partial charge in [-0.3, -0.25) is 4.79 Å². The van der Waals surface area contributed by atoms with E-state index in [1.807, 2.05) is 54.2 Å². The zero-order valence-electron chi connectivity index (χ0n) is 27.6. The van der Waals surface area contributed by atoms with Gasteiger partial charge in [0.25, 0.3) is 5.91 Å². The molecule has 0 radical (unpaired) electrons. The van der Waals surface area contributed by atoms with Gasteiger partial charge in [0.05, 0.1) is 11.4 Å². The van der Waals surface area contributed by atoms with E-state index in [1.54, 1.807) is 0 Å². The molecule has 6 nitrogen and oxygen atoms in total. The predicted molar refractivity (Wildman–Crippen MR) is 188 cm³/mol. The first-order valence-electron chi connectivity index (χ1n) is 15.4. The fourth-order valence-electron chi connectivity index (χ4n) is 5.33.